The van der Waals surface area contributed by atoms with Crippen molar-refractivity contribution in [1.29, 1.82) is 0 Å². The summed E-state index contributed by atoms with van der Waals surface area (Å²) < 4.78 is 0. The molecular weight excluding hydrogens is 529 g/mol. The number of hydrogen-bond donors (Lipinski definition) is 1. The normalized spacial score (nSPS) is 19.2. The zero-order chi connectivity index (χ0) is 30.3. The highest BCUT2D eigenvalue weighted by Gasteiger charge is 2.37. The maximum atomic E-state index is 13.4. The van der Waals surface area contributed by atoms with Crippen molar-refractivity contribution in [2.45, 2.75) is 120 Å². The lowest BCUT2D eigenvalue weighted by molar-refractivity contribution is -0.113. The van der Waals surface area contributed by atoms with Crippen molar-refractivity contribution >= 4 is 35.0 Å². The Morgan fingerprint density at radius 3 is 1.75 bits per heavy atom. The summed E-state index contributed by atoms with van der Waals surface area (Å²) in [5, 5.41) is 11.1. The number of aliphatic hydroxyl groups is 1. The van der Waals surface area contributed by atoms with Crippen LogP contribution >= 0.6 is 23.1 Å². The molecule has 1 aromatic heterocycles. The van der Waals surface area contributed by atoms with Gasteiger partial charge in [0.2, 0.25) is 26.9 Å². The fourth-order valence-electron chi connectivity index (χ4n) is 4.79. The molecule has 0 bridgehead atoms. The van der Waals surface area contributed by atoms with Crippen LogP contribution in [-0.2, 0) is 15.6 Å². The summed E-state index contributed by atoms with van der Waals surface area (Å²) in [4.78, 5) is 18.7. The third-order valence-corrected chi connectivity index (χ3v) is 12.6. The molecule has 0 saturated carbocycles. The second kappa shape index (κ2) is 11.8. The van der Waals surface area contributed by atoms with Crippen molar-refractivity contribution in [2.75, 3.05) is 0 Å². The van der Waals surface area contributed by atoms with E-state index in [1.807, 2.05) is 35.3 Å². The maximum Gasteiger partial charge on any atom is 0.219 e. The first-order valence-corrected chi connectivity index (χ1v) is 16.6. The number of hydrogen-bond acceptors (Lipinski definition) is 3. The fraction of sp³-hybridized carbons (Fsp3) is 0.556. The predicted molar refractivity (Wildman–Crippen MR) is 178 cm³/mol. The quantitative estimate of drug-likeness (QED) is 0.246. The minimum absolute atomic E-state index is 0.000972. The number of ketones is 1. The van der Waals surface area contributed by atoms with Crippen LogP contribution in [0, 0.1) is 10.8 Å². The summed E-state index contributed by atoms with van der Waals surface area (Å²) in [5.41, 5.74) is 2.96. The Balaban J connectivity index is 2.11. The van der Waals surface area contributed by atoms with Crippen molar-refractivity contribution in [1.82, 2.24) is 0 Å². The van der Waals surface area contributed by atoms with E-state index in [4.69, 9.17) is 0 Å². The molecule has 4 heteroatoms. The van der Waals surface area contributed by atoms with Gasteiger partial charge in [-0.1, -0.05) is 94.8 Å². The second-order valence-electron chi connectivity index (χ2n) is 14.1. The molecule has 0 unspecified atom stereocenters. The van der Waals surface area contributed by atoms with Gasteiger partial charge in [-0.25, -0.2) is 0 Å². The first-order chi connectivity index (χ1) is 18.4. The molecule has 218 valence electrons. The SMILES string of the molecule is CCC(C)(CC)C1=C/C(=C/C2=C(O)C(=Cc3cc(C(C)(C)C)[s+]c(C(C)(CC)CC)c3)C2=O)C=C(C(C)(C)C)S1. The molecule has 0 amide bonds. The van der Waals surface area contributed by atoms with E-state index in [1.165, 1.54) is 19.6 Å². The van der Waals surface area contributed by atoms with Gasteiger partial charge in [-0.05, 0) is 81.8 Å². The van der Waals surface area contributed by atoms with Crippen LogP contribution in [-0.4, -0.2) is 10.9 Å². The van der Waals surface area contributed by atoms with Gasteiger partial charge in [-0.3, -0.25) is 4.79 Å². The average Bonchev–Trinajstić information content (AvgIpc) is 2.92. The fourth-order valence-corrected chi connectivity index (χ4v) is 7.72. The first kappa shape index (κ1) is 32.6. The summed E-state index contributed by atoms with van der Waals surface area (Å²) in [5.74, 6) is 0.0167. The van der Waals surface area contributed by atoms with Gasteiger partial charge < -0.3 is 5.11 Å². The number of thioether (sulfide) groups is 1. The smallest absolute Gasteiger partial charge is 0.219 e. The van der Waals surface area contributed by atoms with Gasteiger partial charge in [0.1, 0.15) is 5.76 Å². The van der Waals surface area contributed by atoms with Crippen molar-refractivity contribution in [3.63, 3.8) is 0 Å². The molecular formula is C36H51O2S2+. The Bertz CT molecular complexity index is 1310. The number of carbonyl (C=O) groups is 1. The average molecular weight is 580 g/mol. The van der Waals surface area contributed by atoms with E-state index in [0.29, 0.717) is 11.1 Å². The molecule has 0 aromatic carbocycles. The lowest BCUT2D eigenvalue weighted by atomic mass is 9.81. The van der Waals surface area contributed by atoms with Crippen LogP contribution in [0.5, 0.6) is 0 Å². The molecule has 0 spiro atoms. The largest absolute Gasteiger partial charge is 0.506 e. The van der Waals surface area contributed by atoms with Crippen molar-refractivity contribution < 1.29 is 9.90 Å². The third-order valence-electron chi connectivity index (χ3n) is 9.04. The van der Waals surface area contributed by atoms with Gasteiger partial charge in [-0.2, -0.15) is 0 Å². The van der Waals surface area contributed by atoms with E-state index >= 15 is 0 Å². The van der Waals surface area contributed by atoms with Crippen LogP contribution in [0.3, 0.4) is 0 Å². The van der Waals surface area contributed by atoms with Crippen molar-refractivity contribution in [2.24, 2.45) is 10.8 Å². The van der Waals surface area contributed by atoms with Crippen molar-refractivity contribution in [3.05, 3.63) is 78.0 Å². The van der Waals surface area contributed by atoms with Gasteiger partial charge in [0.05, 0.1) is 11.1 Å². The standard InChI is InChI=1S/C36H50O2S2/c1-13-35(11,14-2)29-21-23(19-27(39-29)33(5,6)7)17-25-31(37)26(32(25)38)18-24-20-28(34(8,9)10)40-30(22-24)36(12,15-3)16-4/h17-22H,13-16H2,1-12H3/p+1. The Kier molecular flexibility index (Phi) is 9.59. The third kappa shape index (κ3) is 6.59. The molecule has 2 nitrogen and oxygen atoms in total. The molecule has 1 N–H and O–H groups in total. The summed E-state index contributed by atoms with van der Waals surface area (Å²) in [6, 6.07) is 4.41. The van der Waals surface area contributed by atoms with E-state index in [2.05, 4.69) is 107 Å². The number of rotatable bonds is 8. The zero-order valence-corrected chi connectivity index (χ0v) is 28.6. The lowest BCUT2D eigenvalue weighted by Gasteiger charge is -2.35. The van der Waals surface area contributed by atoms with Crippen LogP contribution in [0.15, 0.2) is 62.6 Å². The van der Waals surface area contributed by atoms with Crippen LogP contribution in [0.1, 0.15) is 124 Å². The molecule has 0 fully saturated rings. The molecule has 1 aliphatic carbocycles. The first-order valence-electron chi connectivity index (χ1n) is 15.0. The van der Waals surface area contributed by atoms with E-state index in [-0.39, 0.29) is 33.2 Å². The summed E-state index contributed by atoms with van der Waals surface area (Å²) in [7, 11) is 0. The van der Waals surface area contributed by atoms with Crippen LogP contribution in [0.25, 0.3) is 6.08 Å². The highest BCUT2D eigenvalue weighted by molar-refractivity contribution is 8.06. The van der Waals surface area contributed by atoms with Crippen molar-refractivity contribution in [3.8, 4) is 0 Å². The van der Waals surface area contributed by atoms with E-state index < -0.39 is 0 Å². The number of Topliss-reactive ketones (excluding diaryl/α,β-unsaturated/α-hetero) is 1. The second-order valence-corrected chi connectivity index (χ2v) is 16.2. The Labute approximate surface area is 252 Å². The van der Waals surface area contributed by atoms with Gasteiger partial charge in [0.25, 0.3) is 0 Å². The maximum absolute atomic E-state index is 13.4. The molecule has 0 saturated heterocycles. The highest BCUT2D eigenvalue weighted by atomic mass is 32.2. The molecule has 0 atom stereocenters. The number of aliphatic hydroxyl groups excluding tert-OH is 1. The van der Waals surface area contributed by atoms with Crippen LogP contribution in [0.2, 0.25) is 0 Å². The zero-order valence-electron chi connectivity index (χ0n) is 27.0. The summed E-state index contributed by atoms with van der Waals surface area (Å²) >= 11 is 3.74. The van der Waals surface area contributed by atoms with Gasteiger partial charge >= 0.3 is 0 Å². The Hall–Kier alpha value is -1.91. The summed E-state index contributed by atoms with van der Waals surface area (Å²) in [6.07, 6.45) is 12.4. The van der Waals surface area contributed by atoms with Crippen LogP contribution < -0.4 is 0 Å². The highest BCUT2D eigenvalue weighted by Crippen LogP contribution is 2.51. The molecule has 1 aromatic rings. The molecule has 2 heterocycles. The van der Waals surface area contributed by atoms with E-state index in [0.717, 1.165) is 36.8 Å². The number of carbonyl (C=O) groups excluding carboxylic acids is 1. The number of allylic oxidation sites excluding steroid dienone is 8. The molecule has 3 rings (SSSR count). The minimum atomic E-state index is -0.0854. The van der Waals surface area contributed by atoms with Crippen LogP contribution in [0.4, 0.5) is 0 Å². The molecule has 2 aliphatic rings. The summed E-state index contributed by atoms with van der Waals surface area (Å²) in [6.45, 7) is 27.0. The molecule has 1 aliphatic heterocycles. The van der Waals surface area contributed by atoms with E-state index in [1.54, 1.807) is 0 Å². The Morgan fingerprint density at radius 1 is 0.750 bits per heavy atom. The Morgan fingerprint density at radius 2 is 1.27 bits per heavy atom. The minimum Gasteiger partial charge on any atom is -0.506 e. The predicted octanol–water partition coefficient (Wildman–Crippen LogP) is 11.5. The van der Waals surface area contributed by atoms with E-state index in [9.17, 15) is 9.90 Å². The topological polar surface area (TPSA) is 37.3 Å². The molecule has 0 radical (unpaired) electrons. The van der Waals surface area contributed by atoms with Gasteiger partial charge in [0, 0.05) is 23.0 Å². The monoisotopic (exact) mass is 579 g/mol. The van der Waals surface area contributed by atoms with Gasteiger partial charge in [-0.15, -0.1) is 0 Å². The van der Waals surface area contributed by atoms with Gasteiger partial charge in [0.15, 0.2) is 0 Å². The molecule has 40 heavy (non-hydrogen) atoms. The lowest BCUT2D eigenvalue weighted by Crippen LogP contribution is -2.22.